The zero-order valence-corrected chi connectivity index (χ0v) is 9.05. The van der Waals surface area contributed by atoms with Gasteiger partial charge in [-0.3, -0.25) is 4.79 Å². The standard InChI is InChI=1S/C10H18FNO2/c1-10(2,11)9(13)12-6-4-5-8(7-12)14-3/h8H,4-7H2,1-3H3. The summed E-state index contributed by atoms with van der Waals surface area (Å²) in [5.41, 5.74) is -1.77. The summed E-state index contributed by atoms with van der Waals surface area (Å²) in [6.07, 6.45) is 1.91. The predicted octanol–water partition coefficient (Wildman–Crippen LogP) is 1.37. The summed E-state index contributed by atoms with van der Waals surface area (Å²) in [6, 6.07) is 0. The van der Waals surface area contributed by atoms with Gasteiger partial charge in [0.15, 0.2) is 5.67 Å². The van der Waals surface area contributed by atoms with E-state index in [0.717, 1.165) is 12.8 Å². The minimum atomic E-state index is -1.77. The fourth-order valence-corrected chi connectivity index (χ4v) is 1.69. The van der Waals surface area contributed by atoms with E-state index in [-0.39, 0.29) is 6.10 Å². The van der Waals surface area contributed by atoms with Gasteiger partial charge in [0, 0.05) is 20.2 Å². The molecule has 1 aliphatic rings. The van der Waals surface area contributed by atoms with Gasteiger partial charge in [0.05, 0.1) is 6.10 Å². The number of piperidine rings is 1. The van der Waals surface area contributed by atoms with Gasteiger partial charge in [-0.25, -0.2) is 4.39 Å². The Kier molecular flexibility index (Phi) is 3.48. The van der Waals surface area contributed by atoms with E-state index in [1.54, 1.807) is 12.0 Å². The van der Waals surface area contributed by atoms with Crippen LogP contribution >= 0.6 is 0 Å². The van der Waals surface area contributed by atoms with Gasteiger partial charge in [0.1, 0.15) is 0 Å². The smallest absolute Gasteiger partial charge is 0.259 e. The van der Waals surface area contributed by atoms with Gasteiger partial charge in [0.25, 0.3) is 5.91 Å². The molecule has 1 saturated heterocycles. The maximum Gasteiger partial charge on any atom is 0.259 e. The third-order valence-electron chi connectivity index (χ3n) is 2.51. The number of amides is 1. The molecular formula is C10H18FNO2. The fraction of sp³-hybridized carbons (Fsp3) is 0.900. The number of hydrogen-bond acceptors (Lipinski definition) is 2. The molecule has 3 nitrogen and oxygen atoms in total. The molecule has 1 atom stereocenters. The van der Waals surface area contributed by atoms with Crippen LogP contribution in [0.1, 0.15) is 26.7 Å². The van der Waals surface area contributed by atoms with E-state index in [1.165, 1.54) is 13.8 Å². The molecule has 82 valence electrons. The van der Waals surface area contributed by atoms with Crippen LogP contribution in [0.3, 0.4) is 0 Å². The molecule has 0 aliphatic carbocycles. The van der Waals surface area contributed by atoms with Crippen molar-refractivity contribution in [1.82, 2.24) is 4.90 Å². The number of nitrogens with zero attached hydrogens (tertiary/aromatic N) is 1. The van der Waals surface area contributed by atoms with Crippen molar-refractivity contribution in [3.05, 3.63) is 0 Å². The third-order valence-corrected chi connectivity index (χ3v) is 2.51. The Morgan fingerprint density at radius 1 is 1.57 bits per heavy atom. The van der Waals surface area contributed by atoms with E-state index in [9.17, 15) is 9.18 Å². The number of rotatable bonds is 2. The molecule has 14 heavy (non-hydrogen) atoms. The number of alkyl halides is 1. The molecular weight excluding hydrogens is 185 g/mol. The van der Waals surface area contributed by atoms with E-state index < -0.39 is 11.6 Å². The van der Waals surface area contributed by atoms with Gasteiger partial charge < -0.3 is 9.64 Å². The third kappa shape index (κ3) is 2.67. The van der Waals surface area contributed by atoms with Crippen LogP contribution in [0, 0.1) is 0 Å². The molecule has 0 aromatic rings. The first-order valence-electron chi connectivity index (χ1n) is 4.96. The highest BCUT2D eigenvalue weighted by Crippen LogP contribution is 2.18. The molecule has 0 spiro atoms. The molecule has 0 N–H and O–H groups in total. The minimum Gasteiger partial charge on any atom is -0.380 e. The van der Waals surface area contributed by atoms with Crippen molar-refractivity contribution in [3.63, 3.8) is 0 Å². The van der Waals surface area contributed by atoms with Crippen LogP contribution in [0.15, 0.2) is 0 Å². The second-order valence-electron chi connectivity index (χ2n) is 4.22. The van der Waals surface area contributed by atoms with E-state index in [1.807, 2.05) is 0 Å². The van der Waals surface area contributed by atoms with Gasteiger partial charge in [-0.1, -0.05) is 0 Å². The average Bonchev–Trinajstić information content (AvgIpc) is 2.15. The van der Waals surface area contributed by atoms with Gasteiger partial charge in [-0.2, -0.15) is 0 Å². The largest absolute Gasteiger partial charge is 0.380 e. The number of ether oxygens (including phenoxy) is 1. The van der Waals surface area contributed by atoms with E-state index >= 15 is 0 Å². The van der Waals surface area contributed by atoms with Crippen molar-refractivity contribution < 1.29 is 13.9 Å². The Balaban J connectivity index is 2.56. The number of likely N-dealkylation sites (tertiary alicyclic amines) is 1. The summed E-state index contributed by atoms with van der Waals surface area (Å²) in [6.45, 7) is 3.76. The average molecular weight is 203 g/mol. The number of hydrogen-bond donors (Lipinski definition) is 0. The highest BCUT2D eigenvalue weighted by atomic mass is 19.1. The van der Waals surface area contributed by atoms with E-state index in [2.05, 4.69) is 0 Å². The lowest BCUT2D eigenvalue weighted by molar-refractivity contribution is -0.145. The van der Waals surface area contributed by atoms with E-state index in [0.29, 0.717) is 13.1 Å². The lowest BCUT2D eigenvalue weighted by Gasteiger charge is -2.34. The zero-order valence-electron chi connectivity index (χ0n) is 9.05. The van der Waals surface area contributed by atoms with Gasteiger partial charge >= 0.3 is 0 Å². The van der Waals surface area contributed by atoms with Crippen LogP contribution in [-0.4, -0.2) is 42.8 Å². The molecule has 0 radical (unpaired) electrons. The SMILES string of the molecule is COC1CCCN(C(=O)C(C)(C)F)C1. The predicted molar refractivity (Wildman–Crippen MR) is 51.8 cm³/mol. The highest BCUT2D eigenvalue weighted by Gasteiger charge is 2.34. The quantitative estimate of drug-likeness (QED) is 0.678. The molecule has 0 aromatic heterocycles. The molecule has 1 rings (SSSR count). The molecule has 1 amide bonds. The van der Waals surface area contributed by atoms with Crippen molar-refractivity contribution in [3.8, 4) is 0 Å². The summed E-state index contributed by atoms with van der Waals surface area (Å²) < 4.78 is 18.5. The Morgan fingerprint density at radius 3 is 2.71 bits per heavy atom. The van der Waals surface area contributed by atoms with Gasteiger partial charge in [-0.15, -0.1) is 0 Å². The van der Waals surface area contributed by atoms with Crippen LogP contribution in [0.2, 0.25) is 0 Å². The Hall–Kier alpha value is -0.640. The fourth-order valence-electron chi connectivity index (χ4n) is 1.69. The first kappa shape index (κ1) is 11.4. The molecule has 1 aliphatic heterocycles. The lowest BCUT2D eigenvalue weighted by atomic mass is 10.0. The van der Waals surface area contributed by atoms with Crippen molar-refractivity contribution in [2.75, 3.05) is 20.2 Å². The van der Waals surface area contributed by atoms with Crippen LogP contribution < -0.4 is 0 Å². The Bertz CT molecular complexity index is 213. The summed E-state index contributed by atoms with van der Waals surface area (Å²) in [7, 11) is 1.62. The molecule has 1 unspecified atom stereocenters. The molecule has 0 aromatic carbocycles. The number of methoxy groups -OCH3 is 1. The summed E-state index contributed by atoms with van der Waals surface area (Å²) in [4.78, 5) is 13.1. The molecule has 0 bridgehead atoms. The maximum absolute atomic E-state index is 13.4. The summed E-state index contributed by atoms with van der Waals surface area (Å²) in [5.74, 6) is -0.431. The minimum absolute atomic E-state index is 0.0649. The highest BCUT2D eigenvalue weighted by molar-refractivity contribution is 5.84. The molecule has 1 fully saturated rings. The monoisotopic (exact) mass is 203 g/mol. The maximum atomic E-state index is 13.4. The Morgan fingerprint density at radius 2 is 2.21 bits per heavy atom. The topological polar surface area (TPSA) is 29.5 Å². The van der Waals surface area contributed by atoms with Crippen LogP contribution in [-0.2, 0) is 9.53 Å². The first-order valence-corrected chi connectivity index (χ1v) is 4.96. The van der Waals surface area contributed by atoms with Gasteiger partial charge in [-0.05, 0) is 26.7 Å². The molecule has 1 heterocycles. The van der Waals surface area contributed by atoms with Crippen LogP contribution in [0.5, 0.6) is 0 Å². The lowest BCUT2D eigenvalue weighted by Crippen LogP contribution is -2.49. The second-order valence-corrected chi connectivity index (χ2v) is 4.22. The van der Waals surface area contributed by atoms with Crippen LogP contribution in [0.25, 0.3) is 0 Å². The molecule has 4 heteroatoms. The molecule has 0 saturated carbocycles. The zero-order chi connectivity index (χ0) is 10.8. The summed E-state index contributed by atoms with van der Waals surface area (Å²) in [5, 5.41) is 0. The number of carbonyl (C=O) groups is 1. The second kappa shape index (κ2) is 4.26. The van der Waals surface area contributed by atoms with Crippen molar-refractivity contribution >= 4 is 5.91 Å². The number of halogens is 1. The first-order chi connectivity index (χ1) is 6.45. The van der Waals surface area contributed by atoms with Crippen molar-refractivity contribution in [2.24, 2.45) is 0 Å². The van der Waals surface area contributed by atoms with Crippen molar-refractivity contribution in [1.29, 1.82) is 0 Å². The van der Waals surface area contributed by atoms with E-state index in [4.69, 9.17) is 4.74 Å². The number of carbonyl (C=O) groups excluding carboxylic acids is 1. The normalized spacial score (nSPS) is 23.7. The summed E-state index contributed by atoms with van der Waals surface area (Å²) >= 11 is 0. The van der Waals surface area contributed by atoms with Crippen molar-refractivity contribution in [2.45, 2.75) is 38.5 Å². The Labute approximate surface area is 84.2 Å². The van der Waals surface area contributed by atoms with Crippen LogP contribution in [0.4, 0.5) is 4.39 Å². The van der Waals surface area contributed by atoms with Gasteiger partial charge in [0.2, 0.25) is 0 Å².